The molecular weight excluding hydrogens is 295 g/mol. The maximum absolute atomic E-state index is 13.8. The number of nitrogens with zero attached hydrogens (tertiary/aromatic N) is 4. The van der Waals surface area contributed by atoms with Crippen LogP contribution in [0.25, 0.3) is 16.9 Å². The molecule has 0 unspecified atom stereocenters. The van der Waals surface area contributed by atoms with Crippen LogP contribution in [0.2, 0.25) is 0 Å². The van der Waals surface area contributed by atoms with Gasteiger partial charge in [-0.25, -0.2) is 14.4 Å². The van der Waals surface area contributed by atoms with E-state index < -0.39 is 0 Å². The summed E-state index contributed by atoms with van der Waals surface area (Å²) in [4.78, 5) is 12.6. The van der Waals surface area contributed by atoms with Crippen LogP contribution in [-0.4, -0.2) is 26.6 Å². The molecule has 1 aromatic carbocycles. The maximum Gasteiger partial charge on any atom is 0.245 e. The van der Waals surface area contributed by atoms with E-state index in [4.69, 9.17) is 16.3 Å². The highest BCUT2D eigenvalue weighted by molar-refractivity contribution is 6.17. The highest BCUT2D eigenvalue weighted by atomic mass is 35.5. The topological polar surface area (TPSA) is 52.8 Å². The van der Waals surface area contributed by atoms with Crippen LogP contribution in [0.5, 0.6) is 5.88 Å². The average Bonchev–Trinajstić information content (AvgIpc) is 2.88. The summed E-state index contributed by atoms with van der Waals surface area (Å²) in [5, 5.41) is 0. The van der Waals surface area contributed by atoms with E-state index in [0.29, 0.717) is 34.1 Å². The summed E-state index contributed by atoms with van der Waals surface area (Å²) >= 11 is 5.95. The Morgan fingerprint density at radius 1 is 1.33 bits per heavy atom. The number of hydrogen-bond donors (Lipinski definition) is 0. The summed E-state index contributed by atoms with van der Waals surface area (Å²) in [7, 11) is 1.51. The first-order chi connectivity index (χ1) is 10.2. The number of methoxy groups -OCH3 is 1. The van der Waals surface area contributed by atoms with E-state index in [1.165, 1.54) is 19.5 Å². The summed E-state index contributed by atoms with van der Waals surface area (Å²) in [5.41, 5.74) is 2.21. The standard InChI is InChI=1S/C14H12ClFN4O/c1-8-3-4-9(5-10(8)16)20-11(6-15)19-12-13(20)17-7-18-14(12)21-2/h3-5,7H,6H2,1-2H3. The average molecular weight is 307 g/mol. The van der Waals surface area contributed by atoms with Crippen molar-refractivity contribution >= 4 is 22.8 Å². The molecule has 0 aliphatic rings. The number of benzene rings is 1. The van der Waals surface area contributed by atoms with Gasteiger partial charge in [-0.3, -0.25) is 4.57 Å². The predicted molar refractivity (Wildman–Crippen MR) is 77.5 cm³/mol. The van der Waals surface area contributed by atoms with Gasteiger partial charge in [0, 0.05) is 0 Å². The van der Waals surface area contributed by atoms with Gasteiger partial charge in [0.1, 0.15) is 18.0 Å². The van der Waals surface area contributed by atoms with Crippen molar-refractivity contribution in [1.29, 1.82) is 0 Å². The lowest BCUT2D eigenvalue weighted by Gasteiger charge is -2.08. The van der Waals surface area contributed by atoms with Gasteiger partial charge in [-0.05, 0) is 24.6 Å². The normalized spacial score (nSPS) is 11.0. The minimum Gasteiger partial charge on any atom is -0.479 e. The number of aryl methyl sites for hydroxylation is 1. The van der Waals surface area contributed by atoms with Gasteiger partial charge in [0.2, 0.25) is 5.88 Å². The summed E-state index contributed by atoms with van der Waals surface area (Å²) in [6.45, 7) is 1.71. The molecule has 0 radical (unpaired) electrons. The molecule has 3 rings (SSSR count). The molecule has 0 spiro atoms. The summed E-state index contributed by atoms with van der Waals surface area (Å²) in [5.74, 6) is 0.775. The third-order valence-corrected chi connectivity index (χ3v) is 3.45. The minimum atomic E-state index is -0.295. The number of ether oxygens (including phenoxy) is 1. The molecule has 0 aliphatic carbocycles. The van der Waals surface area contributed by atoms with Crippen molar-refractivity contribution < 1.29 is 9.13 Å². The molecule has 0 atom stereocenters. The first kappa shape index (κ1) is 13.8. The predicted octanol–water partition coefficient (Wildman–Crippen LogP) is 3.01. The van der Waals surface area contributed by atoms with E-state index in [0.717, 1.165) is 0 Å². The summed E-state index contributed by atoms with van der Waals surface area (Å²) in [6.07, 6.45) is 1.38. The highest BCUT2D eigenvalue weighted by Crippen LogP contribution is 2.26. The van der Waals surface area contributed by atoms with E-state index in [2.05, 4.69) is 15.0 Å². The first-order valence-corrected chi connectivity index (χ1v) is 6.78. The number of rotatable bonds is 3. The van der Waals surface area contributed by atoms with Crippen LogP contribution in [0.3, 0.4) is 0 Å². The van der Waals surface area contributed by atoms with Crippen molar-refractivity contribution in [3.05, 3.63) is 41.7 Å². The molecule has 0 bridgehead atoms. The van der Waals surface area contributed by atoms with Crippen molar-refractivity contribution in [2.45, 2.75) is 12.8 Å². The number of aromatic nitrogens is 4. The van der Waals surface area contributed by atoms with Crippen molar-refractivity contribution in [2.24, 2.45) is 0 Å². The number of hydrogen-bond acceptors (Lipinski definition) is 4. The lowest BCUT2D eigenvalue weighted by molar-refractivity contribution is 0.401. The smallest absolute Gasteiger partial charge is 0.245 e. The number of halogens is 2. The fraction of sp³-hybridized carbons (Fsp3) is 0.214. The quantitative estimate of drug-likeness (QED) is 0.698. The van der Waals surface area contributed by atoms with Crippen molar-refractivity contribution in [3.63, 3.8) is 0 Å². The molecule has 2 aromatic heterocycles. The molecule has 0 saturated carbocycles. The molecule has 0 aliphatic heterocycles. The van der Waals surface area contributed by atoms with Crippen LogP contribution in [0.1, 0.15) is 11.4 Å². The van der Waals surface area contributed by atoms with Gasteiger partial charge in [0.15, 0.2) is 11.2 Å². The van der Waals surface area contributed by atoms with Crippen molar-refractivity contribution in [3.8, 4) is 11.6 Å². The van der Waals surface area contributed by atoms with Crippen molar-refractivity contribution in [1.82, 2.24) is 19.5 Å². The molecular formula is C14H12ClFN4O. The molecule has 0 fully saturated rings. The Kier molecular flexibility index (Phi) is 3.47. The second-order valence-corrected chi connectivity index (χ2v) is 4.75. The Morgan fingerprint density at radius 2 is 2.14 bits per heavy atom. The maximum atomic E-state index is 13.8. The van der Waals surface area contributed by atoms with Crippen LogP contribution in [0, 0.1) is 12.7 Å². The molecule has 7 heteroatoms. The second-order valence-electron chi connectivity index (χ2n) is 4.49. The zero-order valence-corrected chi connectivity index (χ0v) is 12.2. The number of alkyl halides is 1. The van der Waals surface area contributed by atoms with Gasteiger partial charge in [-0.1, -0.05) is 6.07 Å². The molecule has 0 saturated heterocycles. The monoisotopic (exact) mass is 306 g/mol. The number of imidazole rings is 1. The van der Waals surface area contributed by atoms with Crippen LogP contribution in [0.4, 0.5) is 4.39 Å². The van der Waals surface area contributed by atoms with Gasteiger partial charge in [-0.15, -0.1) is 11.6 Å². The molecule has 5 nitrogen and oxygen atoms in total. The van der Waals surface area contributed by atoms with Crippen LogP contribution in [-0.2, 0) is 5.88 Å². The van der Waals surface area contributed by atoms with Gasteiger partial charge in [0.25, 0.3) is 0 Å². The molecule has 2 heterocycles. The Labute approximate surface area is 125 Å². The lowest BCUT2D eigenvalue weighted by atomic mass is 10.2. The fourth-order valence-electron chi connectivity index (χ4n) is 2.15. The number of fused-ring (bicyclic) bond motifs is 1. The molecule has 21 heavy (non-hydrogen) atoms. The molecule has 3 aromatic rings. The largest absolute Gasteiger partial charge is 0.479 e. The molecule has 0 N–H and O–H groups in total. The Morgan fingerprint density at radius 3 is 2.81 bits per heavy atom. The highest BCUT2D eigenvalue weighted by Gasteiger charge is 2.17. The molecule has 108 valence electrons. The third kappa shape index (κ3) is 2.21. The van der Waals surface area contributed by atoms with Crippen LogP contribution < -0.4 is 4.74 Å². The van der Waals surface area contributed by atoms with Gasteiger partial charge >= 0.3 is 0 Å². The SMILES string of the molecule is COc1ncnc2c1nc(CCl)n2-c1ccc(C)c(F)c1. The van der Waals surface area contributed by atoms with E-state index in [1.54, 1.807) is 23.6 Å². The van der Waals surface area contributed by atoms with E-state index in [9.17, 15) is 4.39 Å². The summed E-state index contributed by atoms with van der Waals surface area (Å²) < 4.78 is 20.7. The van der Waals surface area contributed by atoms with Gasteiger partial charge in [0.05, 0.1) is 18.7 Å². The Bertz CT molecular complexity index is 818. The zero-order chi connectivity index (χ0) is 15.0. The van der Waals surface area contributed by atoms with Crippen LogP contribution >= 0.6 is 11.6 Å². The first-order valence-electron chi connectivity index (χ1n) is 6.24. The van der Waals surface area contributed by atoms with Crippen molar-refractivity contribution in [2.75, 3.05) is 7.11 Å². The third-order valence-electron chi connectivity index (χ3n) is 3.21. The van der Waals surface area contributed by atoms with Gasteiger partial charge < -0.3 is 4.74 Å². The van der Waals surface area contributed by atoms with E-state index in [1.807, 2.05) is 0 Å². The Hall–Kier alpha value is -2.21. The Balaban J connectivity index is 2.32. The van der Waals surface area contributed by atoms with Crippen LogP contribution in [0.15, 0.2) is 24.5 Å². The summed E-state index contributed by atoms with van der Waals surface area (Å²) in [6, 6.07) is 4.93. The lowest BCUT2D eigenvalue weighted by Crippen LogP contribution is -2.01. The van der Waals surface area contributed by atoms with E-state index >= 15 is 0 Å². The fourth-order valence-corrected chi connectivity index (χ4v) is 2.33. The second kappa shape index (κ2) is 5.29. The van der Waals surface area contributed by atoms with Gasteiger partial charge in [-0.2, -0.15) is 4.98 Å². The molecule has 0 amide bonds. The zero-order valence-electron chi connectivity index (χ0n) is 11.5. The van der Waals surface area contributed by atoms with E-state index in [-0.39, 0.29) is 11.7 Å². The minimum absolute atomic E-state index is 0.162.